The Bertz CT molecular complexity index is 1450. The Morgan fingerprint density at radius 1 is 0.857 bits per heavy atom. The van der Waals surface area contributed by atoms with Crippen molar-refractivity contribution in [1.29, 1.82) is 0 Å². The van der Waals surface area contributed by atoms with E-state index >= 15 is 4.39 Å². The van der Waals surface area contributed by atoms with Crippen molar-refractivity contribution >= 4 is 40.9 Å². The van der Waals surface area contributed by atoms with Gasteiger partial charge < -0.3 is 15.5 Å². The fourth-order valence-corrected chi connectivity index (χ4v) is 6.40. The second-order valence-electron chi connectivity index (χ2n) is 11.4. The third-order valence-electron chi connectivity index (χ3n) is 8.89. The molecule has 1 atom stereocenters. The first kappa shape index (κ1) is 27.8. The van der Waals surface area contributed by atoms with Crippen LogP contribution in [-0.4, -0.2) is 90.9 Å². The summed E-state index contributed by atoms with van der Waals surface area (Å²) >= 11 is 0. The lowest BCUT2D eigenvalue weighted by Gasteiger charge is -2.40. The zero-order chi connectivity index (χ0) is 29.6. The van der Waals surface area contributed by atoms with E-state index in [1.807, 2.05) is 17.4 Å². The molecule has 42 heavy (non-hydrogen) atoms. The molecule has 3 saturated heterocycles. The highest BCUT2D eigenvalue weighted by Crippen LogP contribution is 2.37. The van der Waals surface area contributed by atoms with Crippen LogP contribution in [0.25, 0.3) is 0 Å². The number of primary amides is 1. The lowest BCUT2D eigenvalue weighted by Crippen LogP contribution is -2.61. The summed E-state index contributed by atoms with van der Waals surface area (Å²) in [5.74, 6) is -6.37. The Morgan fingerprint density at radius 2 is 1.48 bits per heavy atom. The number of piperidine rings is 2. The summed E-state index contributed by atoms with van der Waals surface area (Å²) in [4.78, 5) is 68.5. The van der Waals surface area contributed by atoms with Gasteiger partial charge in [-0.05, 0) is 61.2 Å². The van der Waals surface area contributed by atoms with Crippen LogP contribution in [0, 0.1) is 5.92 Å². The summed E-state index contributed by atoms with van der Waals surface area (Å²) in [5.41, 5.74) is 7.84. The summed E-state index contributed by atoms with van der Waals surface area (Å²) in [6, 6.07) is 12.3. The number of anilines is 2. The monoisotopic (exact) mass is 576 g/mol. The van der Waals surface area contributed by atoms with Crippen LogP contribution in [0.3, 0.4) is 0 Å². The number of fused-ring (bicyclic) bond motifs is 1. The number of carbonyl (C=O) groups excluding carboxylic acids is 5. The van der Waals surface area contributed by atoms with Crippen LogP contribution in [0.2, 0.25) is 0 Å². The number of halogens is 1. The average Bonchev–Trinajstić information content (AvgIpc) is 3.25. The summed E-state index contributed by atoms with van der Waals surface area (Å²) in [6.07, 6.45) is 1.31. The molecule has 4 heterocycles. The predicted molar refractivity (Wildman–Crippen MR) is 152 cm³/mol. The number of hydrogen-bond donors (Lipinski definition) is 2. The largest absolute Gasteiger partial charge is 0.372 e. The van der Waals surface area contributed by atoms with E-state index in [-0.39, 0.29) is 17.5 Å². The average molecular weight is 577 g/mol. The molecule has 1 unspecified atom stereocenters. The predicted octanol–water partition coefficient (Wildman–Crippen LogP) is 1.52. The number of benzene rings is 2. The van der Waals surface area contributed by atoms with Crippen LogP contribution >= 0.6 is 0 Å². The molecule has 5 amide bonds. The normalized spacial score (nSPS) is 23.8. The highest BCUT2D eigenvalue weighted by atomic mass is 19.1. The van der Waals surface area contributed by atoms with E-state index in [4.69, 9.17) is 5.73 Å². The number of nitrogens with one attached hydrogen (secondary N) is 1. The molecule has 2 aromatic carbocycles. The molecule has 3 N–H and O–H groups in total. The lowest BCUT2D eigenvalue weighted by molar-refractivity contribution is -0.151. The van der Waals surface area contributed by atoms with Gasteiger partial charge >= 0.3 is 0 Å². The van der Waals surface area contributed by atoms with Gasteiger partial charge in [-0.2, -0.15) is 0 Å². The minimum absolute atomic E-state index is 0.0549. The number of carbonyl (C=O) groups is 5. The van der Waals surface area contributed by atoms with E-state index in [0.29, 0.717) is 16.4 Å². The van der Waals surface area contributed by atoms with Crippen molar-refractivity contribution in [2.45, 2.75) is 31.5 Å². The zero-order valence-electron chi connectivity index (χ0n) is 23.2. The Morgan fingerprint density at radius 3 is 2.12 bits per heavy atom. The molecule has 4 aliphatic rings. The van der Waals surface area contributed by atoms with Crippen LogP contribution < -0.4 is 20.9 Å². The minimum atomic E-state index is -2.89. The number of nitrogens with two attached hydrogens (primary N) is 1. The minimum Gasteiger partial charge on any atom is -0.372 e. The van der Waals surface area contributed by atoms with Gasteiger partial charge in [0.05, 0.1) is 11.1 Å². The van der Waals surface area contributed by atoms with Gasteiger partial charge in [0.1, 0.15) is 0 Å². The van der Waals surface area contributed by atoms with Crippen LogP contribution in [0.15, 0.2) is 42.5 Å². The summed E-state index contributed by atoms with van der Waals surface area (Å²) in [7, 11) is 0. The molecule has 0 saturated carbocycles. The third kappa shape index (κ3) is 5.00. The number of rotatable bonds is 6. The molecular formula is C30H33FN6O5. The van der Waals surface area contributed by atoms with Crippen molar-refractivity contribution in [1.82, 2.24) is 15.1 Å². The van der Waals surface area contributed by atoms with Crippen molar-refractivity contribution < 1.29 is 28.4 Å². The van der Waals surface area contributed by atoms with Crippen LogP contribution in [0.4, 0.5) is 15.8 Å². The van der Waals surface area contributed by atoms with Crippen molar-refractivity contribution in [2.75, 3.05) is 55.6 Å². The first-order valence-electron chi connectivity index (χ1n) is 14.3. The molecule has 0 aromatic heterocycles. The standard InChI is InChI=1S/C30H33FN6O5/c31-30(10-7-25(38)33-29(30)42)37-27(40)23-6-5-22(17-24(23)28(37)41)36-15-13-34(14-16-36)18-19-8-11-35(12-9-19)21-3-1-20(2-4-21)26(32)39/h1-6,17,19H,7-16,18H2,(H2,32,39)(H,33,38,42). The maximum Gasteiger partial charge on any atom is 0.285 e. The molecule has 220 valence electrons. The van der Waals surface area contributed by atoms with Crippen molar-refractivity contribution in [3.8, 4) is 0 Å². The molecule has 4 aliphatic heterocycles. The molecular weight excluding hydrogens is 543 g/mol. The quantitative estimate of drug-likeness (QED) is 0.390. The van der Waals surface area contributed by atoms with Crippen molar-refractivity contribution in [2.24, 2.45) is 11.7 Å². The maximum absolute atomic E-state index is 15.6. The summed E-state index contributed by atoms with van der Waals surface area (Å²) < 4.78 is 15.6. The van der Waals surface area contributed by atoms with Gasteiger partial charge in [-0.3, -0.25) is 34.2 Å². The molecule has 12 heteroatoms. The zero-order valence-corrected chi connectivity index (χ0v) is 23.2. The van der Waals surface area contributed by atoms with Gasteiger partial charge in [0.25, 0.3) is 23.5 Å². The molecule has 11 nitrogen and oxygen atoms in total. The van der Waals surface area contributed by atoms with Gasteiger partial charge in [0.15, 0.2) is 0 Å². The molecule has 3 fully saturated rings. The molecule has 0 radical (unpaired) electrons. The van der Waals surface area contributed by atoms with Crippen LogP contribution in [0.1, 0.15) is 56.8 Å². The summed E-state index contributed by atoms with van der Waals surface area (Å²) in [6.45, 7) is 6.12. The fourth-order valence-electron chi connectivity index (χ4n) is 6.40. The van der Waals surface area contributed by atoms with Gasteiger partial charge in [0, 0.05) is 75.6 Å². The number of imide groups is 2. The Balaban J connectivity index is 1.03. The van der Waals surface area contributed by atoms with E-state index in [9.17, 15) is 24.0 Å². The highest BCUT2D eigenvalue weighted by Gasteiger charge is 2.56. The van der Waals surface area contributed by atoms with Crippen molar-refractivity contribution in [3.63, 3.8) is 0 Å². The highest BCUT2D eigenvalue weighted by molar-refractivity contribution is 6.24. The maximum atomic E-state index is 15.6. The molecule has 2 aromatic rings. The summed E-state index contributed by atoms with van der Waals surface area (Å²) in [5, 5.41) is 1.90. The first-order chi connectivity index (χ1) is 20.1. The third-order valence-corrected chi connectivity index (χ3v) is 8.89. The van der Waals surface area contributed by atoms with Gasteiger partial charge in [-0.15, -0.1) is 0 Å². The molecule has 0 spiro atoms. The molecule has 0 aliphatic carbocycles. The first-order valence-corrected chi connectivity index (χ1v) is 14.3. The number of hydrogen-bond acceptors (Lipinski definition) is 8. The van der Waals surface area contributed by atoms with E-state index in [1.165, 1.54) is 6.07 Å². The van der Waals surface area contributed by atoms with Gasteiger partial charge in [-0.1, -0.05) is 0 Å². The Hall–Kier alpha value is -4.32. The van der Waals surface area contributed by atoms with E-state index in [1.54, 1.807) is 24.3 Å². The lowest BCUT2D eigenvalue weighted by atomic mass is 9.95. The number of amides is 5. The van der Waals surface area contributed by atoms with Gasteiger partial charge in [-0.25, -0.2) is 9.29 Å². The Labute approximate surface area is 242 Å². The smallest absolute Gasteiger partial charge is 0.285 e. The second-order valence-corrected chi connectivity index (χ2v) is 11.4. The fraction of sp³-hybridized carbons (Fsp3) is 0.433. The number of alkyl halides is 1. The number of nitrogens with zero attached hydrogens (tertiary/aromatic N) is 4. The van der Waals surface area contributed by atoms with Crippen LogP contribution in [-0.2, 0) is 9.59 Å². The second kappa shape index (κ2) is 10.8. The van der Waals surface area contributed by atoms with E-state index in [2.05, 4.69) is 14.7 Å². The number of piperazine rings is 1. The van der Waals surface area contributed by atoms with E-state index < -0.39 is 41.7 Å². The van der Waals surface area contributed by atoms with Crippen LogP contribution in [0.5, 0.6) is 0 Å². The SMILES string of the molecule is NC(=O)c1ccc(N2CCC(CN3CCN(c4ccc5c(c4)C(=O)N(C4(F)CCC(=O)NC4=O)C5=O)CC3)CC2)cc1. The van der Waals surface area contributed by atoms with E-state index in [0.717, 1.165) is 70.0 Å². The van der Waals surface area contributed by atoms with Gasteiger partial charge in [0.2, 0.25) is 11.8 Å². The Kier molecular flexibility index (Phi) is 7.17. The van der Waals surface area contributed by atoms with Crippen molar-refractivity contribution in [3.05, 3.63) is 59.2 Å². The topological polar surface area (TPSA) is 136 Å². The molecule has 6 rings (SSSR count). The molecule has 0 bridgehead atoms.